The van der Waals surface area contributed by atoms with E-state index in [0.29, 0.717) is 6.42 Å². The normalized spacial score (nSPS) is 20.4. The molecule has 5 nitrogen and oxygen atoms in total. The number of nitrogens with zero attached hydrogens (tertiary/aromatic N) is 1. The van der Waals surface area contributed by atoms with E-state index in [1.165, 1.54) is 21.1 Å². The first kappa shape index (κ1) is 18.3. The van der Waals surface area contributed by atoms with Crippen LogP contribution in [0, 0.1) is 0 Å². The summed E-state index contributed by atoms with van der Waals surface area (Å²) < 4.78 is 50.7. The zero-order valence-corrected chi connectivity index (χ0v) is 15.9. The lowest BCUT2D eigenvalue weighted by molar-refractivity contribution is 0.341. The van der Waals surface area contributed by atoms with E-state index in [1.54, 1.807) is 6.08 Å². The highest BCUT2D eigenvalue weighted by molar-refractivity contribution is 7.93. The molecule has 1 aromatic carbocycles. The zero-order valence-electron chi connectivity index (χ0n) is 13.5. The summed E-state index contributed by atoms with van der Waals surface area (Å²) in [5.41, 5.74) is 0.779. The number of rotatable bonds is 6. The molecule has 0 N–H and O–H groups in total. The molecule has 0 radical (unpaired) electrons. The van der Waals surface area contributed by atoms with Gasteiger partial charge >= 0.3 is 0 Å². The van der Waals surface area contributed by atoms with Crippen molar-refractivity contribution in [3.05, 3.63) is 63.7 Å². The molecule has 1 saturated heterocycles. The molecule has 2 aromatic rings. The Labute approximate surface area is 152 Å². The van der Waals surface area contributed by atoms with Gasteiger partial charge in [0.05, 0.1) is 11.5 Å². The summed E-state index contributed by atoms with van der Waals surface area (Å²) >= 11 is 1.46. The maximum atomic E-state index is 12.9. The molecule has 0 amide bonds. The fourth-order valence-corrected chi connectivity index (χ4v) is 6.80. The second kappa shape index (κ2) is 7.41. The Morgan fingerprint density at radius 3 is 2.52 bits per heavy atom. The van der Waals surface area contributed by atoms with Crippen LogP contribution in [0.25, 0.3) is 6.08 Å². The van der Waals surface area contributed by atoms with Gasteiger partial charge in [-0.05, 0) is 29.5 Å². The van der Waals surface area contributed by atoms with Gasteiger partial charge in [0.15, 0.2) is 9.84 Å². The number of sulfone groups is 1. The third-order valence-electron chi connectivity index (χ3n) is 4.07. The van der Waals surface area contributed by atoms with E-state index in [9.17, 15) is 16.8 Å². The molecule has 1 aliphatic rings. The van der Waals surface area contributed by atoms with Gasteiger partial charge in [0.2, 0.25) is 10.0 Å². The second-order valence-electron chi connectivity index (χ2n) is 5.94. The van der Waals surface area contributed by atoms with E-state index in [2.05, 4.69) is 0 Å². The van der Waals surface area contributed by atoms with Gasteiger partial charge in [-0.2, -0.15) is 4.31 Å². The average molecular weight is 398 g/mol. The topological polar surface area (TPSA) is 71.5 Å². The third kappa shape index (κ3) is 4.78. The van der Waals surface area contributed by atoms with Crippen molar-refractivity contribution in [2.75, 3.05) is 11.5 Å². The van der Waals surface area contributed by atoms with E-state index >= 15 is 0 Å². The molecule has 0 bridgehead atoms. The number of thiophene rings is 1. The lowest BCUT2D eigenvalue weighted by atomic mass is 10.2. The summed E-state index contributed by atoms with van der Waals surface area (Å²) in [7, 11) is -6.91. The van der Waals surface area contributed by atoms with Crippen molar-refractivity contribution in [1.29, 1.82) is 0 Å². The smallest absolute Gasteiger partial charge is 0.229 e. The van der Waals surface area contributed by atoms with Crippen molar-refractivity contribution in [2.24, 2.45) is 0 Å². The predicted molar refractivity (Wildman–Crippen MR) is 101 cm³/mol. The van der Waals surface area contributed by atoms with Crippen LogP contribution in [-0.4, -0.2) is 38.7 Å². The second-order valence-corrected chi connectivity index (χ2v) is 11.0. The Bertz CT molecular complexity index is 933. The highest BCUT2D eigenvalue weighted by atomic mass is 32.2. The summed E-state index contributed by atoms with van der Waals surface area (Å²) in [5, 5.41) is 3.05. The van der Waals surface area contributed by atoms with Crippen molar-refractivity contribution in [2.45, 2.75) is 19.0 Å². The summed E-state index contributed by atoms with van der Waals surface area (Å²) in [6.45, 7) is 0.194. The van der Waals surface area contributed by atoms with E-state index in [1.807, 2.05) is 47.8 Å². The van der Waals surface area contributed by atoms with Crippen molar-refractivity contribution in [3.8, 4) is 0 Å². The molecule has 1 unspecified atom stereocenters. The van der Waals surface area contributed by atoms with Crippen molar-refractivity contribution < 1.29 is 16.8 Å². The fourth-order valence-electron chi connectivity index (χ4n) is 2.79. The van der Waals surface area contributed by atoms with Crippen LogP contribution < -0.4 is 0 Å². The van der Waals surface area contributed by atoms with Gasteiger partial charge in [-0.3, -0.25) is 0 Å². The Morgan fingerprint density at radius 2 is 1.92 bits per heavy atom. The molecular formula is C17H19NO4S3. The number of benzene rings is 1. The highest BCUT2D eigenvalue weighted by Crippen LogP contribution is 2.25. The summed E-state index contributed by atoms with van der Waals surface area (Å²) in [5.74, 6) is -0.0761. The van der Waals surface area contributed by atoms with Gasteiger partial charge in [-0.15, -0.1) is 11.3 Å². The van der Waals surface area contributed by atoms with Crippen molar-refractivity contribution in [3.63, 3.8) is 0 Å². The Kier molecular flexibility index (Phi) is 5.43. The summed E-state index contributed by atoms with van der Waals surface area (Å²) in [4.78, 5) is 0.890. The molecular weight excluding hydrogens is 378 g/mol. The Hall–Kier alpha value is -1.48. The van der Waals surface area contributed by atoms with Crippen LogP contribution in [0.3, 0.4) is 0 Å². The van der Waals surface area contributed by atoms with Gasteiger partial charge in [0, 0.05) is 22.9 Å². The minimum atomic E-state index is -3.74. The van der Waals surface area contributed by atoms with Crippen LogP contribution in [0.5, 0.6) is 0 Å². The van der Waals surface area contributed by atoms with E-state index in [4.69, 9.17) is 0 Å². The molecule has 2 heterocycles. The predicted octanol–water partition coefficient (Wildman–Crippen LogP) is 2.74. The fraction of sp³-hybridized carbons (Fsp3) is 0.294. The summed E-state index contributed by atoms with van der Waals surface area (Å²) in [6, 6.07) is 12.4. The first-order valence-electron chi connectivity index (χ1n) is 7.83. The van der Waals surface area contributed by atoms with Crippen molar-refractivity contribution in [1.82, 2.24) is 4.31 Å². The molecule has 3 rings (SSSR count). The lowest BCUT2D eigenvalue weighted by Crippen LogP contribution is -2.39. The van der Waals surface area contributed by atoms with Crippen LogP contribution >= 0.6 is 11.3 Å². The minimum Gasteiger partial charge on any atom is -0.229 e. The third-order valence-corrected chi connectivity index (χ3v) is 8.24. The van der Waals surface area contributed by atoms with Crippen LogP contribution in [0.1, 0.15) is 16.9 Å². The van der Waals surface area contributed by atoms with Crippen LogP contribution in [0.4, 0.5) is 0 Å². The Morgan fingerprint density at radius 1 is 1.16 bits per heavy atom. The van der Waals surface area contributed by atoms with Gasteiger partial charge in [-0.1, -0.05) is 36.4 Å². The standard InChI is InChI=1S/C17H19NO4S3/c19-24(20)11-9-16(14-24)18(13-17-7-4-10-23-17)25(21,22)12-8-15-5-2-1-3-6-15/h1-8,10,12,16H,9,11,13-14H2. The molecule has 8 heteroatoms. The molecule has 1 aromatic heterocycles. The molecule has 0 aliphatic carbocycles. The molecule has 25 heavy (non-hydrogen) atoms. The van der Waals surface area contributed by atoms with Crippen LogP contribution in [-0.2, 0) is 26.4 Å². The molecule has 0 saturated carbocycles. The molecule has 1 atom stereocenters. The highest BCUT2D eigenvalue weighted by Gasteiger charge is 2.37. The maximum Gasteiger partial charge on any atom is 0.236 e. The van der Waals surface area contributed by atoms with Gasteiger partial charge < -0.3 is 0 Å². The SMILES string of the molecule is O=S1(=O)CCC(N(Cc2cccs2)S(=O)(=O)C=Cc2ccccc2)C1. The number of hydrogen-bond donors (Lipinski definition) is 0. The zero-order chi connectivity index (χ0) is 17.9. The first-order chi connectivity index (χ1) is 11.9. The van der Waals surface area contributed by atoms with E-state index < -0.39 is 25.9 Å². The number of sulfonamides is 1. The lowest BCUT2D eigenvalue weighted by Gasteiger charge is -2.25. The average Bonchev–Trinajstić information content (AvgIpc) is 3.21. The molecule has 1 aliphatic heterocycles. The van der Waals surface area contributed by atoms with Gasteiger partial charge in [0.1, 0.15) is 0 Å². The quantitative estimate of drug-likeness (QED) is 0.751. The maximum absolute atomic E-state index is 12.9. The number of hydrogen-bond acceptors (Lipinski definition) is 5. The largest absolute Gasteiger partial charge is 0.236 e. The summed E-state index contributed by atoms with van der Waals surface area (Å²) in [6.07, 6.45) is 1.88. The van der Waals surface area contributed by atoms with E-state index in [-0.39, 0.29) is 18.1 Å². The molecule has 1 fully saturated rings. The van der Waals surface area contributed by atoms with Crippen molar-refractivity contribution >= 4 is 37.3 Å². The Balaban J connectivity index is 1.88. The monoisotopic (exact) mass is 397 g/mol. The minimum absolute atomic E-state index is 0.0382. The van der Waals surface area contributed by atoms with E-state index in [0.717, 1.165) is 10.4 Å². The molecule has 134 valence electrons. The molecule has 0 spiro atoms. The van der Waals surface area contributed by atoms with Gasteiger partial charge in [0.25, 0.3) is 0 Å². The van der Waals surface area contributed by atoms with Crippen LogP contribution in [0.15, 0.2) is 53.3 Å². The van der Waals surface area contributed by atoms with Gasteiger partial charge in [-0.25, -0.2) is 16.8 Å². The van der Waals surface area contributed by atoms with Crippen LogP contribution in [0.2, 0.25) is 0 Å². The first-order valence-corrected chi connectivity index (χ1v) is 12.0.